The molecule has 0 aromatic heterocycles. The highest BCUT2D eigenvalue weighted by atomic mass is 16.5. The van der Waals surface area contributed by atoms with Crippen molar-refractivity contribution in [3.63, 3.8) is 0 Å². The summed E-state index contributed by atoms with van der Waals surface area (Å²) in [6.45, 7) is 6.69. The van der Waals surface area contributed by atoms with E-state index < -0.39 is 0 Å². The van der Waals surface area contributed by atoms with Crippen LogP contribution in [0.5, 0.6) is 5.75 Å². The Labute approximate surface area is 96.6 Å². The van der Waals surface area contributed by atoms with Gasteiger partial charge in [-0.15, -0.1) is 0 Å². The second-order valence-corrected chi connectivity index (χ2v) is 4.12. The number of primary amides is 1. The molecule has 0 aliphatic heterocycles. The van der Waals surface area contributed by atoms with Crippen molar-refractivity contribution in [1.29, 1.82) is 0 Å². The van der Waals surface area contributed by atoms with E-state index in [-0.39, 0.29) is 5.91 Å². The van der Waals surface area contributed by atoms with E-state index in [1.165, 1.54) is 11.1 Å². The molecule has 0 saturated carbocycles. The third-order valence-electron chi connectivity index (χ3n) is 2.59. The molecule has 3 heteroatoms. The van der Waals surface area contributed by atoms with Gasteiger partial charge in [-0.2, -0.15) is 0 Å². The minimum atomic E-state index is -0.277. The van der Waals surface area contributed by atoms with Crippen LogP contribution in [0.3, 0.4) is 0 Å². The lowest BCUT2D eigenvalue weighted by Gasteiger charge is -2.11. The van der Waals surface area contributed by atoms with Crippen molar-refractivity contribution in [3.05, 3.63) is 28.8 Å². The van der Waals surface area contributed by atoms with Crippen molar-refractivity contribution in [2.24, 2.45) is 5.73 Å². The summed E-state index contributed by atoms with van der Waals surface area (Å²) in [6.07, 6.45) is 1.05. The first kappa shape index (κ1) is 12.6. The number of ether oxygens (including phenoxy) is 1. The van der Waals surface area contributed by atoms with Crippen LogP contribution in [-0.2, 0) is 4.79 Å². The molecular weight excluding hydrogens is 202 g/mol. The number of aryl methyl sites for hydroxylation is 2. The Bertz CT molecular complexity index is 386. The van der Waals surface area contributed by atoms with Gasteiger partial charge in [0.15, 0.2) is 0 Å². The summed E-state index contributed by atoms with van der Waals surface area (Å²) in [5, 5.41) is 0. The molecule has 3 nitrogen and oxygen atoms in total. The van der Waals surface area contributed by atoms with E-state index in [1.54, 1.807) is 0 Å². The van der Waals surface area contributed by atoms with Gasteiger partial charge in [-0.3, -0.25) is 4.79 Å². The van der Waals surface area contributed by atoms with E-state index >= 15 is 0 Å². The molecule has 2 N–H and O–H groups in total. The zero-order chi connectivity index (χ0) is 12.1. The lowest BCUT2D eigenvalue weighted by atomic mass is 10.1. The average Bonchev–Trinajstić information content (AvgIpc) is 2.19. The largest absolute Gasteiger partial charge is 0.493 e. The van der Waals surface area contributed by atoms with Gasteiger partial charge in [0.25, 0.3) is 0 Å². The molecule has 0 radical (unpaired) electrons. The van der Waals surface area contributed by atoms with Crippen LogP contribution in [0, 0.1) is 20.8 Å². The number of carbonyl (C=O) groups is 1. The Morgan fingerprint density at radius 3 is 2.62 bits per heavy atom. The lowest BCUT2D eigenvalue weighted by molar-refractivity contribution is -0.118. The first-order chi connectivity index (χ1) is 7.50. The molecule has 88 valence electrons. The highest BCUT2D eigenvalue weighted by molar-refractivity contribution is 5.73. The molecule has 0 bridgehead atoms. The SMILES string of the molecule is Cc1cc(C)c(C)c(OCCCC(N)=O)c1. The summed E-state index contributed by atoms with van der Waals surface area (Å²) in [5.74, 6) is 0.628. The standard InChI is InChI=1S/C13H19NO2/c1-9-7-10(2)11(3)12(8-9)16-6-4-5-13(14)15/h7-8H,4-6H2,1-3H3,(H2,14,15). The number of rotatable bonds is 5. The van der Waals surface area contributed by atoms with E-state index in [9.17, 15) is 4.79 Å². The maximum absolute atomic E-state index is 10.6. The van der Waals surface area contributed by atoms with E-state index in [2.05, 4.69) is 13.0 Å². The van der Waals surface area contributed by atoms with E-state index in [1.807, 2.05) is 19.9 Å². The summed E-state index contributed by atoms with van der Waals surface area (Å²) in [7, 11) is 0. The van der Waals surface area contributed by atoms with Crippen LogP contribution >= 0.6 is 0 Å². The van der Waals surface area contributed by atoms with E-state index in [0.29, 0.717) is 19.4 Å². The van der Waals surface area contributed by atoms with Gasteiger partial charge in [-0.1, -0.05) is 6.07 Å². The number of carbonyl (C=O) groups excluding carboxylic acids is 1. The smallest absolute Gasteiger partial charge is 0.217 e. The quantitative estimate of drug-likeness (QED) is 0.775. The minimum absolute atomic E-state index is 0.277. The average molecular weight is 221 g/mol. The summed E-state index contributed by atoms with van der Waals surface area (Å²) in [6, 6.07) is 4.15. The summed E-state index contributed by atoms with van der Waals surface area (Å²) >= 11 is 0. The van der Waals surface area contributed by atoms with Gasteiger partial charge in [-0.05, 0) is 49.9 Å². The monoisotopic (exact) mass is 221 g/mol. The van der Waals surface area contributed by atoms with Gasteiger partial charge in [0, 0.05) is 6.42 Å². The fourth-order valence-electron chi connectivity index (χ4n) is 1.58. The summed E-state index contributed by atoms with van der Waals surface area (Å²) in [5.41, 5.74) is 8.63. The van der Waals surface area contributed by atoms with Gasteiger partial charge < -0.3 is 10.5 Å². The molecule has 0 aliphatic carbocycles. The molecule has 1 aromatic rings. The second kappa shape index (κ2) is 5.54. The number of hydrogen-bond donors (Lipinski definition) is 1. The Morgan fingerprint density at radius 1 is 1.31 bits per heavy atom. The first-order valence-electron chi connectivity index (χ1n) is 5.49. The number of hydrogen-bond acceptors (Lipinski definition) is 2. The zero-order valence-corrected chi connectivity index (χ0v) is 10.2. The lowest BCUT2D eigenvalue weighted by Crippen LogP contribution is -2.12. The van der Waals surface area contributed by atoms with Crippen LogP contribution in [0.2, 0.25) is 0 Å². The van der Waals surface area contributed by atoms with Gasteiger partial charge in [0.2, 0.25) is 5.91 Å². The Hall–Kier alpha value is -1.51. The third-order valence-corrected chi connectivity index (χ3v) is 2.59. The molecule has 0 unspecified atom stereocenters. The predicted molar refractivity (Wildman–Crippen MR) is 64.6 cm³/mol. The number of benzene rings is 1. The van der Waals surface area contributed by atoms with Gasteiger partial charge >= 0.3 is 0 Å². The molecule has 0 atom stereocenters. The Balaban J connectivity index is 2.57. The van der Waals surface area contributed by atoms with Crippen LogP contribution in [0.4, 0.5) is 0 Å². The van der Waals surface area contributed by atoms with Gasteiger partial charge in [-0.25, -0.2) is 0 Å². The highest BCUT2D eigenvalue weighted by Gasteiger charge is 2.04. The fraction of sp³-hybridized carbons (Fsp3) is 0.462. The maximum Gasteiger partial charge on any atom is 0.217 e. The van der Waals surface area contributed by atoms with Crippen molar-refractivity contribution in [3.8, 4) is 5.75 Å². The predicted octanol–water partition coefficient (Wildman–Crippen LogP) is 2.26. The van der Waals surface area contributed by atoms with E-state index in [4.69, 9.17) is 10.5 Å². The fourth-order valence-corrected chi connectivity index (χ4v) is 1.58. The maximum atomic E-state index is 10.6. The van der Waals surface area contributed by atoms with Crippen molar-refractivity contribution >= 4 is 5.91 Å². The van der Waals surface area contributed by atoms with Crippen LogP contribution in [0.15, 0.2) is 12.1 Å². The number of amides is 1. The highest BCUT2D eigenvalue weighted by Crippen LogP contribution is 2.23. The molecule has 0 heterocycles. The Morgan fingerprint density at radius 2 is 2.00 bits per heavy atom. The third kappa shape index (κ3) is 3.57. The molecule has 1 rings (SSSR count). The van der Waals surface area contributed by atoms with Crippen LogP contribution in [0.1, 0.15) is 29.5 Å². The van der Waals surface area contributed by atoms with Gasteiger partial charge in [0.05, 0.1) is 6.61 Å². The van der Waals surface area contributed by atoms with Crippen molar-refractivity contribution in [2.75, 3.05) is 6.61 Å². The molecule has 16 heavy (non-hydrogen) atoms. The molecule has 0 fully saturated rings. The van der Waals surface area contributed by atoms with Crippen LogP contribution < -0.4 is 10.5 Å². The molecule has 0 spiro atoms. The second-order valence-electron chi connectivity index (χ2n) is 4.12. The van der Waals surface area contributed by atoms with Crippen molar-refractivity contribution in [2.45, 2.75) is 33.6 Å². The summed E-state index contributed by atoms with van der Waals surface area (Å²) < 4.78 is 5.64. The first-order valence-corrected chi connectivity index (χ1v) is 5.49. The molecule has 1 amide bonds. The molecule has 0 saturated heterocycles. The van der Waals surface area contributed by atoms with Crippen molar-refractivity contribution in [1.82, 2.24) is 0 Å². The van der Waals surface area contributed by atoms with Crippen LogP contribution in [-0.4, -0.2) is 12.5 Å². The summed E-state index contributed by atoms with van der Waals surface area (Å²) in [4.78, 5) is 10.6. The molecule has 0 aliphatic rings. The zero-order valence-electron chi connectivity index (χ0n) is 10.2. The Kier molecular flexibility index (Phi) is 4.35. The minimum Gasteiger partial charge on any atom is -0.493 e. The molecule has 1 aromatic carbocycles. The molecular formula is C13H19NO2. The normalized spacial score (nSPS) is 10.2. The topological polar surface area (TPSA) is 52.3 Å². The van der Waals surface area contributed by atoms with Crippen molar-refractivity contribution < 1.29 is 9.53 Å². The van der Waals surface area contributed by atoms with Gasteiger partial charge in [0.1, 0.15) is 5.75 Å². The number of nitrogens with two attached hydrogens (primary N) is 1. The van der Waals surface area contributed by atoms with Crippen LogP contribution in [0.25, 0.3) is 0 Å². The van der Waals surface area contributed by atoms with E-state index in [0.717, 1.165) is 11.3 Å².